The van der Waals surface area contributed by atoms with Crippen LogP contribution in [0.25, 0.3) is 0 Å². The van der Waals surface area contributed by atoms with Crippen molar-refractivity contribution < 1.29 is 5.11 Å². The molecule has 0 aromatic carbocycles. The highest BCUT2D eigenvalue weighted by Crippen LogP contribution is 2.01. The van der Waals surface area contributed by atoms with Crippen LogP contribution in [0.3, 0.4) is 0 Å². The van der Waals surface area contributed by atoms with Gasteiger partial charge in [0.2, 0.25) is 0 Å². The first-order valence-electron chi connectivity index (χ1n) is 2.12. The summed E-state index contributed by atoms with van der Waals surface area (Å²) in [4.78, 5) is 0. The van der Waals surface area contributed by atoms with Gasteiger partial charge in [-0.3, -0.25) is 0 Å². The number of aliphatic hydroxyl groups excluding tert-OH is 1. The summed E-state index contributed by atoms with van der Waals surface area (Å²) >= 11 is 10.8. The molecule has 0 aliphatic rings. The van der Waals surface area contributed by atoms with Gasteiger partial charge in [-0.2, -0.15) is 0 Å². The molecule has 0 fully saturated rings. The van der Waals surface area contributed by atoms with Crippen LogP contribution in [0.1, 0.15) is 6.42 Å². The standard InChI is InChI=1S/C4H8Cl2O/c5-3-4(6)1-2-7/h4,7H,1-3H2/t4-/m0/s1. The van der Waals surface area contributed by atoms with Crippen LogP contribution in [-0.4, -0.2) is 23.0 Å². The Balaban J connectivity index is 2.83. The van der Waals surface area contributed by atoms with E-state index in [9.17, 15) is 0 Å². The molecular formula is C4H8Cl2O. The van der Waals surface area contributed by atoms with E-state index in [1.54, 1.807) is 0 Å². The van der Waals surface area contributed by atoms with E-state index < -0.39 is 0 Å². The number of hydrogen-bond acceptors (Lipinski definition) is 1. The molecule has 0 bridgehead atoms. The van der Waals surface area contributed by atoms with E-state index in [-0.39, 0.29) is 12.0 Å². The van der Waals surface area contributed by atoms with Crippen molar-refractivity contribution in [1.29, 1.82) is 0 Å². The molecule has 0 spiro atoms. The topological polar surface area (TPSA) is 20.2 Å². The zero-order valence-corrected chi connectivity index (χ0v) is 5.41. The summed E-state index contributed by atoms with van der Waals surface area (Å²) in [5.41, 5.74) is 0. The second-order valence-electron chi connectivity index (χ2n) is 1.26. The average Bonchev–Trinajstić information content (AvgIpc) is 1.68. The van der Waals surface area contributed by atoms with Crippen molar-refractivity contribution in [2.45, 2.75) is 11.8 Å². The average molecular weight is 143 g/mol. The molecule has 0 unspecified atom stereocenters. The predicted molar refractivity (Wildman–Crippen MR) is 32.1 cm³/mol. The third-order valence-electron chi connectivity index (χ3n) is 0.610. The van der Waals surface area contributed by atoms with Gasteiger partial charge in [0.15, 0.2) is 0 Å². The van der Waals surface area contributed by atoms with Gasteiger partial charge < -0.3 is 5.11 Å². The van der Waals surface area contributed by atoms with E-state index in [0.717, 1.165) is 0 Å². The molecule has 0 amide bonds. The number of hydrogen-bond donors (Lipinski definition) is 1. The molecule has 0 aromatic heterocycles. The fourth-order valence-corrected chi connectivity index (χ4v) is 0.469. The van der Waals surface area contributed by atoms with Gasteiger partial charge in [-0.05, 0) is 6.42 Å². The van der Waals surface area contributed by atoms with Crippen LogP contribution in [0, 0.1) is 0 Å². The highest BCUT2D eigenvalue weighted by molar-refractivity contribution is 6.28. The molecular weight excluding hydrogens is 135 g/mol. The van der Waals surface area contributed by atoms with E-state index in [1.807, 2.05) is 0 Å². The second-order valence-corrected chi connectivity index (χ2v) is 2.19. The maximum atomic E-state index is 8.22. The van der Waals surface area contributed by atoms with Gasteiger partial charge in [-0.1, -0.05) is 0 Å². The molecule has 0 rings (SSSR count). The molecule has 0 saturated heterocycles. The molecule has 0 heterocycles. The van der Waals surface area contributed by atoms with Crippen LogP contribution in [0.15, 0.2) is 0 Å². The van der Waals surface area contributed by atoms with Gasteiger partial charge in [-0.25, -0.2) is 0 Å². The number of halogens is 2. The lowest BCUT2D eigenvalue weighted by Crippen LogP contribution is -2.01. The van der Waals surface area contributed by atoms with E-state index >= 15 is 0 Å². The van der Waals surface area contributed by atoms with Crippen LogP contribution in [-0.2, 0) is 0 Å². The molecule has 0 aliphatic carbocycles. The molecule has 0 saturated carbocycles. The van der Waals surface area contributed by atoms with Crippen molar-refractivity contribution in [3.05, 3.63) is 0 Å². The van der Waals surface area contributed by atoms with E-state index in [1.165, 1.54) is 0 Å². The molecule has 3 heteroatoms. The summed E-state index contributed by atoms with van der Waals surface area (Å²) in [5.74, 6) is 0.419. The van der Waals surface area contributed by atoms with Gasteiger partial charge >= 0.3 is 0 Å². The monoisotopic (exact) mass is 142 g/mol. The van der Waals surface area contributed by atoms with Crippen LogP contribution in [0.2, 0.25) is 0 Å². The quantitative estimate of drug-likeness (QED) is 0.588. The van der Waals surface area contributed by atoms with Crippen LogP contribution >= 0.6 is 23.2 Å². The van der Waals surface area contributed by atoms with Gasteiger partial charge in [-0.15, -0.1) is 23.2 Å². The fraction of sp³-hybridized carbons (Fsp3) is 1.00. The first kappa shape index (κ1) is 7.54. The van der Waals surface area contributed by atoms with Crippen molar-refractivity contribution in [2.24, 2.45) is 0 Å². The lowest BCUT2D eigenvalue weighted by Gasteiger charge is -1.97. The SMILES string of the molecule is OCC[C@H](Cl)CCl. The van der Waals surface area contributed by atoms with Crippen LogP contribution in [0.5, 0.6) is 0 Å². The van der Waals surface area contributed by atoms with Crippen LogP contribution < -0.4 is 0 Å². The lowest BCUT2D eigenvalue weighted by atomic mass is 10.3. The Bertz CT molecular complexity index is 40.7. The molecule has 1 N–H and O–H groups in total. The van der Waals surface area contributed by atoms with E-state index in [4.69, 9.17) is 28.3 Å². The normalized spacial score (nSPS) is 14.1. The minimum atomic E-state index is -0.0633. The Kier molecular flexibility index (Phi) is 5.05. The van der Waals surface area contributed by atoms with Crippen molar-refractivity contribution >= 4 is 23.2 Å². The van der Waals surface area contributed by atoms with E-state index in [2.05, 4.69) is 0 Å². The Hall–Kier alpha value is 0.540. The predicted octanol–water partition coefficient (Wildman–Crippen LogP) is 1.21. The summed E-state index contributed by atoms with van der Waals surface area (Å²) in [6.45, 7) is 0.126. The second kappa shape index (κ2) is 4.69. The summed E-state index contributed by atoms with van der Waals surface area (Å²) in [7, 11) is 0. The maximum Gasteiger partial charge on any atom is 0.0493 e. The third kappa shape index (κ3) is 4.39. The molecule has 1 nitrogen and oxygen atoms in total. The summed E-state index contributed by atoms with van der Waals surface area (Å²) in [5, 5.41) is 8.16. The number of alkyl halides is 2. The van der Waals surface area contributed by atoms with Gasteiger partial charge in [0.05, 0.1) is 0 Å². The first-order chi connectivity index (χ1) is 3.31. The smallest absolute Gasteiger partial charge is 0.0493 e. The third-order valence-corrected chi connectivity index (χ3v) is 1.51. The number of aliphatic hydroxyl groups is 1. The van der Waals surface area contributed by atoms with Crippen molar-refractivity contribution in [1.82, 2.24) is 0 Å². The molecule has 0 aromatic rings. The Labute approximate surface area is 53.2 Å². The fourth-order valence-electron chi connectivity index (χ4n) is 0.217. The Morgan fingerprint density at radius 2 is 2.14 bits per heavy atom. The van der Waals surface area contributed by atoms with Gasteiger partial charge in [0.1, 0.15) is 0 Å². The maximum absolute atomic E-state index is 8.22. The summed E-state index contributed by atoms with van der Waals surface area (Å²) < 4.78 is 0. The minimum Gasteiger partial charge on any atom is -0.396 e. The Morgan fingerprint density at radius 1 is 1.57 bits per heavy atom. The molecule has 1 atom stereocenters. The van der Waals surface area contributed by atoms with Crippen molar-refractivity contribution in [3.63, 3.8) is 0 Å². The molecule has 7 heavy (non-hydrogen) atoms. The largest absolute Gasteiger partial charge is 0.396 e. The highest BCUT2D eigenvalue weighted by atomic mass is 35.5. The molecule has 0 aliphatic heterocycles. The minimum absolute atomic E-state index is 0.0633. The van der Waals surface area contributed by atoms with Crippen molar-refractivity contribution in [2.75, 3.05) is 12.5 Å². The molecule has 0 radical (unpaired) electrons. The zero-order valence-electron chi connectivity index (χ0n) is 3.90. The van der Waals surface area contributed by atoms with Gasteiger partial charge in [0.25, 0.3) is 0 Å². The zero-order chi connectivity index (χ0) is 5.70. The van der Waals surface area contributed by atoms with Crippen molar-refractivity contribution in [3.8, 4) is 0 Å². The van der Waals surface area contributed by atoms with Gasteiger partial charge in [0, 0.05) is 17.9 Å². The van der Waals surface area contributed by atoms with Crippen LogP contribution in [0.4, 0.5) is 0 Å². The lowest BCUT2D eigenvalue weighted by molar-refractivity contribution is 0.288. The molecule has 44 valence electrons. The highest BCUT2D eigenvalue weighted by Gasteiger charge is 1.97. The number of rotatable bonds is 3. The summed E-state index contributed by atoms with van der Waals surface area (Å²) in [6.07, 6.45) is 0.588. The summed E-state index contributed by atoms with van der Waals surface area (Å²) in [6, 6.07) is 0. The first-order valence-corrected chi connectivity index (χ1v) is 3.09. The Morgan fingerprint density at radius 3 is 2.29 bits per heavy atom. The van der Waals surface area contributed by atoms with E-state index in [0.29, 0.717) is 12.3 Å².